The molecule has 0 aromatic heterocycles. The Morgan fingerprint density at radius 1 is 0.895 bits per heavy atom. The van der Waals surface area contributed by atoms with Crippen LogP contribution in [0.1, 0.15) is 52.9 Å². The first-order valence-corrected chi connectivity index (χ1v) is 12.0. The average Bonchev–Trinajstić information content (AvgIpc) is 3.21. The maximum atomic E-state index is 13.5. The van der Waals surface area contributed by atoms with E-state index in [1.165, 1.54) is 25.2 Å². The SMILES string of the molecule is COC(=O)c1cccc(N2C(=O)C(=O)/C(=C(\O)c3ccc(OC)c(C(C)C)c3)C2c2ccc(OC)cc2)c1. The lowest BCUT2D eigenvalue weighted by molar-refractivity contribution is -0.132. The zero-order valence-electron chi connectivity index (χ0n) is 21.8. The van der Waals surface area contributed by atoms with Crippen molar-refractivity contribution in [3.8, 4) is 11.5 Å². The van der Waals surface area contributed by atoms with Crippen LogP contribution in [-0.4, -0.2) is 44.1 Å². The van der Waals surface area contributed by atoms with E-state index in [4.69, 9.17) is 14.2 Å². The van der Waals surface area contributed by atoms with Crippen molar-refractivity contribution in [3.05, 3.63) is 94.6 Å². The molecule has 3 aromatic rings. The number of aliphatic hydroxyl groups is 1. The third kappa shape index (κ3) is 4.72. The minimum Gasteiger partial charge on any atom is -0.507 e. The molecule has 0 bridgehead atoms. The maximum absolute atomic E-state index is 13.5. The number of amides is 1. The van der Waals surface area contributed by atoms with Gasteiger partial charge in [0.2, 0.25) is 0 Å². The highest BCUT2D eigenvalue weighted by Crippen LogP contribution is 2.43. The van der Waals surface area contributed by atoms with Crippen LogP contribution in [-0.2, 0) is 14.3 Å². The Kier molecular flexibility index (Phi) is 7.52. The van der Waals surface area contributed by atoms with Gasteiger partial charge in [0.05, 0.1) is 38.5 Å². The second kappa shape index (κ2) is 10.8. The number of rotatable bonds is 7. The number of ketones is 1. The standard InChI is InChI=1S/C30H29NO7/c1-17(2)23-16-19(11-14-24(23)37-4)27(32)25-26(18-9-12-22(36-3)13-10-18)31(29(34)28(25)33)21-8-6-7-20(15-21)30(35)38-5/h6-17,26,32H,1-5H3/b27-25-. The van der Waals surface area contributed by atoms with Gasteiger partial charge in [-0.1, -0.05) is 32.0 Å². The molecule has 4 rings (SSSR count). The van der Waals surface area contributed by atoms with E-state index < -0.39 is 23.7 Å². The first-order chi connectivity index (χ1) is 18.2. The number of benzene rings is 3. The molecular formula is C30H29NO7. The van der Waals surface area contributed by atoms with E-state index in [0.29, 0.717) is 28.3 Å². The number of anilines is 1. The van der Waals surface area contributed by atoms with E-state index in [2.05, 4.69) is 0 Å². The Hall–Kier alpha value is -4.59. The molecule has 196 valence electrons. The largest absolute Gasteiger partial charge is 0.507 e. The second-order valence-corrected chi connectivity index (χ2v) is 9.10. The van der Waals surface area contributed by atoms with Crippen LogP contribution < -0.4 is 14.4 Å². The van der Waals surface area contributed by atoms with E-state index >= 15 is 0 Å². The summed E-state index contributed by atoms with van der Waals surface area (Å²) in [5, 5.41) is 11.5. The van der Waals surface area contributed by atoms with Gasteiger partial charge in [-0.25, -0.2) is 4.79 Å². The molecule has 0 saturated carbocycles. The van der Waals surface area contributed by atoms with Crippen LogP contribution in [0.4, 0.5) is 5.69 Å². The molecule has 0 spiro atoms. The molecule has 1 fully saturated rings. The Labute approximate surface area is 221 Å². The number of esters is 1. The molecule has 1 heterocycles. The number of nitrogens with zero attached hydrogens (tertiary/aromatic N) is 1. The van der Waals surface area contributed by atoms with Gasteiger partial charge < -0.3 is 19.3 Å². The molecule has 8 heteroatoms. The third-order valence-corrected chi connectivity index (χ3v) is 6.55. The summed E-state index contributed by atoms with van der Waals surface area (Å²) in [5.74, 6) is -1.22. The molecule has 1 atom stereocenters. The maximum Gasteiger partial charge on any atom is 0.337 e. The van der Waals surface area contributed by atoms with Crippen LogP contribution in [0.5, 0.6) is 11.5 Å². The number of hydrogen-bond acceptors (Lipinski definition) is 7. The first kappa shape index (κ1) is 26.5. The highest BCUT2D eigenvalue weighted by atomic mass is 16.5. The predicted octanol–water partition coefficient (Wildman–Crippen LogP) is 5.24. The third-order valence-electron chi connectivity index (χ3n) is 6.55. The molecule has 0 radical (unpaired) electrons. The fourth-order valence-electron chi connectivity index (χ4n) is 4.59. The van der Waals surface area contributed by atoms with E-state index in [9.17, 15) is 19.5 Å². The molecule has 0 aliphatic carbocycles. The number of methoxy groups -OCH3 is 3. The quantitative estimate of drug-likeness (QED) is 0.199. The highest BCUT2D eigenvalue weighted by molar-refractivity contribution is 6.51. The number of ether oxygens (including phenoxy) is 3. The molecule has 1 amide bonds. The van der Waals surface area contributed by atoms with Gasteiger partial charge in [0.15, 0.2) is 0 Å². The van der Waals surface area contributed by atoms with Crippen molar-refractivity contribution in [3.63, 3.8) is 0 Å². The monoisotopic (exact) mass is 515 g/mol. The van der Waals surface area contributed by atoms with Gasteiger partial charge in [-0.15, -0.1) is 0 Å². The normalized spacial score (nSPS) is 16.6. The summed E-state index contributed by atoms with van der Waals surface area (Å²) in [6.45, 7) is 3.98. The van der Waals surface area contributed by atoms with Crippen molar-refractivity contribution in [2.45, 2.75) is 25.8 Å². The molecular weight excluding hydrogens is 486 g/mol. The van der Waals surface area contributed by atoms with Crippen molar-refractivity contribution in [1.29, 1.82) is 0 Å². The fraction of sp³-hybridized carbons (Fsp3) is 0.233. The Balaban J connectivity index is 1.94. The lowest BCUT2D eigenvalue weighted by Crippen LogP contribution is -2.29. The first-order valence-electron chi connectivity index (χ1n) is 12.0. The molecule has 1 N–H and O–H groups in total. The zero-order chi connectivity index (χ0) is 27.6. The topological polar surface area (TPSA) is 102 Å². The van der Waals surface area contributed by atoms with Crippen molar-refractivity contribution in [2.75, 3.05) is 26.2 Å². The van der Waals surface area contributed by atoms with Crippen molar-refractivity contribution in [2.24, 2.45) is 0 Å². The zero-order valence-corrected chi connectivity index (χ0v) is 21.8. The minimum absolute atomic E-state index is 0.0662. The summed E-state index contributed by atoms with van der Waals surface area (Å²) in [5.41, 5.74) is 2.27. The summed E-state index contributed by atoms with van der Waals surface area (Å²) in [6.07, 6.45) is 0. The van der Waals surface area contributed by atoms with Gasteiger partial charge in [0.1, 0.15) is 17.3 Å². The molecule has 1 saturated heterocycles. The van der Waals surface area contributed by atoms with Gasteiger partial charge in [0.25, 0.3) is 11.7 Å². The smallest absolute Gasteiger partial charge is 0.337 e. The molecule has 3 aromatic carbocycles. The number of aliphatic hydroxyl groups excluding tert-OH is 1. The van der Waals surface area contributed by atoms with E-state index in [1.54, 1.807) is 67.8 Å². The van der Waals surface area contributed by atoms with Crippen LogP contribution in [0.15, 0.2) is 72.3 Å². The number of hydrogen-bond donors (Lipinski definition) is 1. The lowest BCUT2D eigenvalue weighted by Gasteiger charge is -2.26. The molecule has 1 aliphatic heterocycles. The van der Waals surface area contributed by atoms with Gasteiger partial charge in [-0.3, -0.25) is 14.5 Å². The Morgan fingerprint density at radius 2 is 1.61 bits per heavy atom. The second-order valence-electron chi connectivity index (χ2n) is 9.10. The molecule has 1 unspecified atom stereocenters. The van der Waals surface area contributed by atoms with Crippen LogP contribution in [0, 0.1) is 0 Å². The van der Waals surface area contributed by atoms with E-state index in [-0.39, 0.29) is 22.8 Å². The summed E-state index contributed by atoms with van der Waals surface area (Å²) >= 11 is 0. The predicted molar refractivity (Wildman–Crippen MR) is 143 cm³/mol. The summed E-state index contributed by atoms with van der Waals surface area (Å²) in [4.78, 5) is 40.4. The van der Waals surface area contributed by atoms with Crippen LogP contribution in [0.2, 0.25) is 0 Å². The summed E-state index contributed by atoms with van der Waals surface area (Å²) in [6, 6.07) is 17.3. The van der Waals surface area contributed by atoms with Crippen molar-refractivity contribution >= 4 is 29.1 Å². The average molecular weight is 516 g/mol. The van der Waals surface area contributed by atoms with Gasteiger partial charge in [-0.2, -0.15) is 0 Å². The van der Waals surface area contributed by atoms with Crippen molar-refractivity contribution < 1.29 is 33.7 Å². The molecule has 1 aliphatic rings. The number of carbonyl (C=O) groups excluding carboxylic acids is 3. The van der Waals surface area contributed by atoms with Crippen LogP contribution in [0.25, 0.3) is 5.76 Å². The van der Waals surface area contributed by atoms with Gasteiger partial charge in [0, 0.05) is 11.3 Å². The minimum atomic E-state index is -0.960. The van der Waals surface area contributed by atoms with Crippen LogP contribution >= 0.6 is 0 Å². The number of Topliss-reactive ketones (excluding diaryl/α,β-unsaturated/α-hetero) is 1. The van der Waals surface area contributed by atoms with Gasteiger partial charge in [-0.05, 0) is 65.6 Å². The lowest BCUT2D eigenvalue weighted by atomic mass is 9.93. The fourth-order valence-corrected chi connectivity index (χ4v) is 4.59. The summed E-state index contributed by atoms with van der Waals surface area (Å²) < 4.78 is 15.5. The number of carbonyl (C=O) groups is 3. The Morgan fingerprint density at radius 3 is 2.21 bits per heavy atom. The summed E-state index contributed by atoms with van der Waals surface area (Å²) in [7, 11) is 4.37. The van der Waals surface area contributed by atoms with Gasteiger partial charge >= 0.3 is 5.97 Å². The highest BCUT2D eigenvalue weighted by Gasteiger charge is 2.47. The molecule has 38 heavy (non-hydrogen) atoms. The molecule has 8 nitrogen and oxygen atoms in total. The van der Waals surface area contributed by atoms with E-state index in [0.717, 1.165) is 5.56 Å². The van der Waals surface area contributed by atoms with Crippen molar-refractivity contribution in [1.82, 2.24) is 0 Å². The Bertz CT molecular complexity index is 1420. The van der Waals surface area contributed by atoms with Crippen LogP contribution in [0.3, 0.4) is 0 Å². The van der Waals surface area contributed by atoms with E-state index in [1.807, 2.05) is 13.8 Å².